The van der Waals surface area contributed by atoms with Crippen molar-refractivity contribution in [2.75, 3.05) is 0 Å². The molecule has 2 nitrogen and oxygen atoms in total. The fourth-order valence-electron chi connectivity index (χ4n) is 1.37. The third-order valence-electron chi connectivity index (χ3n) is 2.12. The molecular weight excluding hydrogens is 419 g/mol. The maximum Gasteiger partial charge on any atom is 0.0809 e. The summed E-state index contributed by atoms with van der Waals surface area (Å²) in [5, 5.41) is 18.8. The molecule has 1 aliphatic carbocycles. The zero-order valence-corrected chi connectivity index (χ0v) is 17.3. The Morgan fingerprint density at radius 3 is 1.80 bits per heavy atom. The topological polar surface area (TPSA) is 40.5 Å². The third-order valence-corrected chi connectivity index (χ3v) is 2.12. The molecule has 15 heavy (non-hydrogen) atoms. The van der Waals surface area contributed by atoms with Gasteiger partial charge in [0.1, 0.15) is 0 Å². The van der Waals surface area contributed by atoms with Gasteiger partial charge >= 0.3 is 0 Å². The van der Waals surface area contributed by atoms with E-state index in [2.05, 4.69) is 13.2 Å². The van der Waals surface area contributed by atoms with Crippen molar-refractivity contribution in [1.82, 2.24) is 0 Å². The fourth-order valence-corrected chi connectivity index (χ4v) is 1.37. The Balaban J connectivity index is -0.000000480. The summed E-state index contributed by atoms with van der Waals surface area (Å²) >= 11 is 0. The Kier molecular flexibility index (Phi) is 17.4. The average molecular weight is 433 g/mol. The second-order valence-electron chi connectivity index (χ2n) is 3.08. The molecule has 0 aromatic rings. The van der Waals surface area contributed by atoms with Crippen molar-refractivity contribution in [1.29, 1.82) is 0 Å². The molecule has 75 valence electrons. The van der Waals surface area contributed by atoms with E-state index in [9.17, 15) is 10.2 Å². The van der Waals surface area contributed by atoms with Crippen molar-refractivity contribution in [2.45, 2.75) is 25.0 Å². The van der Waals surface area contributed by atoms with Crippen LogP contribution in [-0.4, -0.2) is 22.4 Å². The van der Waals surface area contributed by atoms with Gasteiger partial charge in [-0.1, -0.05) is 30.9 Å². The van der Waals surface area contributed by atoms with Crippen molar-refractivity contribution < 1.29 is 108 Å². The van der Waals surface area contributed by atoms with Crippen LogP contribution in [0.3, 0.4) is 0 Å². The van der Waals surface area contributed by atoms with Gasteiger partial charge in [-0.3, -0.25) is 0 Å². The molecule has 0 spiro atoms. The first-order valence-corrected chi connectivity index (χ1v) is 4.00. The summed E-state index contributed by atoms with van der Waals surface area (Å²) in [6.07, 6.45) is 3.45. The summed E-state index contributed by atoms with van der Waals surface area (Å²) in [5.41, 5.74) is 1.55. The monoisotopic (exact) mass is 433 g/mol. The SMILES string of the molecule is C=CC=C1C[C@@H](O)C(=C)[C@H](O)C1.[Y].[Y].[Y]. The number of rotatable bonds is 1. The molecule has 2 N–H and O–H groups in total. The van der Waals surface area contributed by atoms with Crippen LogP contribution in [0.1, 0.15) is 12.8 Å². The predicted molar refractivity (Wildman–Crippen MR) is 48.7 cm³/mol. The maximum atomic E-state index is 9.41. The molecule has 0 amide bonds. The molecule has 1 rings (SSSR count). The van der Waals surface area contributed by atoms with Gasteiger partial charge in [-0.15, -0.1) is 0 Å². The van der Waals surface area contributed by atoms with E-state index in [1.165, 1.54) is 0 Å². The van der Waals surface area contributed by atoms with Crippen LogP contribution in [-0.2, 0) is 98.1 Å². The molecule has 0 aromatic heterocycles. The van der Waals surface area contributed by atoms with Crippen LogP contribution in [0.5, 0.6) is 0 Å². The Morgan fingerprint density at radius 1 is 1.07 bits per heavy atom. The smallest absolute Gasteiger partial charge is 0.0809 e. The summed E-state index contributed by atoms with van der Waals surface area (Å²) in [7, 11) is 0. The molecule has 2 atom stereocenters. The molecule has 1 fully saturated rings. The van der Waals surface area contributed by atoms with E-state index in [0.717, 1.165) is 5.57 Å². The molecule has 0 aliphatic heterocycles. The van der Waals surface area contributed by atoms with Crippen molar-refractivity contribution in [2.24, 2.45) is 0 Å². The van der Waals surface area contributed by atoms with Crippen molar-refractivity contribution in [3.05, 3.63) is 36.5 Å². The number of hydrogen-bond acceptors (Lipinski definition) is 2. The van der Waals surface area contributed by atoms with Crippen LogP contribution in [0.4, 0.5) is 0 Å². The van der Waals surface area contributed by atoms with Crippen molar-refractivity contribution >= 4 is 0 Å². The second kappa shape index (κ2) is 11.5. The fraction of sp³-hybridized carbons (Fsp3) is 0.400. The first-order valence-electron chi connectivity index (χ1n) is 4.00. The predicted octanol–water partition coefficient (Wildman–Crippen LogP) is 1.16. The van der Waals surface area contributed by atoms with Gasteiger partial charge in [0.2, 0.25) is 0 Å². The van der Waals surface area contributed by atoms with Gasteiger partial charge in [-0.2, -0.15) is 0 Å². The third kappa shape index (κ3) is 7.47. The van der Waals surface area contributed by atoms with Crippen LogP contribution in [0.15, 0.2) is 36.5 Å². The minimum absolute atomic E-state index is 0. The van der Waals surface area contributed by atoms with Gasteiger partial charge in [0, 0.05) is 98.1 Å². The number of hydrogen-bond donors (Lipinski definition) is 2. The van der Waals surface area contributed by atoms with Gasteiger partial charge in [0.25, 0.3) is 0 Å². The minimum atomic E-state index is -0.597. The van der Waals surface area contributed by atoms with Gasteiger partial charge in [-0.05, 0) is 18.4 Å². The van der Waals surface area contributed by atoms with Gasteiger partial charge in [-0.25, -0.2) is 0 Å². The minimum Gasteiger partial charge on any atom is -0.388 e. The summed E-state index contributed by atoms with van der Waals surface area (Å²) in [6.45, 7) is 7.18. The van der Waals surface area contributed by atoms with E-state index in [4.69, 9.17) is 0 Å². The first-order chi connectivity index (χ1) is 5.65. The molecule has 0 aromatic carbocycles. The molecule has 5 heteroatoms. The molecule has 0 heterocycles. The summed E-state index contributed by atoms with van der Waals surface area (Å²) < 4.78 is 0. The van der Waals surface area contributed by atoms with Crippen LogP contribution in [0, 0.1) is 0 Å². The average Bonchev–Trinajstić information content (AvgIpc) is 2.01. The van der Waals surface area contributed by atoms with Crippen molar-refractivity contribution in [3.8, 4) is 0 Å². The van der Waals surface area contributed by atoms with Gasteiger partial charge in [0.15, 0.2) is 0 Å². The zero-order valence-electron chi connectivity index (χ0n) is 8.76. The standard InChI is InChI=1S/C10H14O2.3Y/c1-3-4-8-5-9(11)7(2)10(12)6-8;;;/h3-4,9-12H,1-2,5-6H2;;;/t9-,10-;;;/m1.../s1. The number of allylic oxidation sites excluding steroid dienone is 2. The Hall–Kier alpha value is 2.45. The quantitative estimate of drug-likeness (QED) is 0.611. The van der Waals surface area contributed by atoms with Crippen LogP contribution in [0.25, 0.3) is 0 Å². The van der Waals surface area contributed by atoms with E-state index in [1.807, 2.05) is 6.08 Å². The molecule has 1 saturated carbocycles. The van der Waals surface area contributed by atoms with Crippen LogP contribution < -0.4 is 0 Å². The first kappa shape index (κ1) is 22.6. The Labute approximate surface area is 167 Å². The second-order valence-corrected chi connectivity index (χ2v) is 3.08. The molecule has 0 saturated heterocycles. The molecule has 0 unspecified atom stereocenters. The van der Waals surface area contributed by atoms with Crippen molar-refractivity contribution in [3.63, 3.8) is 0 Å². The van der Waals surface area contributed by atoms with Gasteiger partial charge < -0.3 is 10.2 Å². The molecule has 1 aliphatic rings. The van der Waals surface area contributed by atoms with E-state index < -0.39 is 12.2 Å². The largest absolute Gasteiger partial charge is 0.388 e. The molecular formula is C10H14O2Y3. The van der Waals surface area contributed by atoms with E-state index in [-0.39, 0.29) is 98.1 Å². The maximum absolute atomic E-state index is 9.41. The van der Waals surface area contributed by atoms with Crippen LogP contribution in [0.2, 0.25) is 0 Å². The van der Waals surface area contributed by atoms with Gasteiger partial charge in [0.05, 0.1) is 12.2 Å². The summed E-state index contributed by atoms with van der Waals surface area (Å²) in [5.74, 6) is 0. The Bertz CT molecular complexity index is 223. The summed E-state index contributed by atoms with van der Waals surface area (Å²) in [4.78, 5) is 0. The summed E-state index contributed by atoms with van der Waals surface area (Å²) in [6, 6.07) is 0. The van der Waals surface area contributed by atoms with Crippen LogP contribution >= 0.6 is 0 Å². The van der Waals surface area contributed by atoms with E-state index in [0.29, 0.717) is 18.4 Å². The normalized spacial score (nSPS) is 24.1. The Morgan fingerprint density at radius 2 is 1.47 bits per heavy atom. The number of aliphatic hydroxyl groups excluding tert-OH is 2. The zero-order chi connectivity index (χ0) is 9.14. The van der Waals surface area contributed by atoms with E-state index in [1.54, 1.807) is 6.08 Å². The number of aliphatic hydroxyl groups is 2. The van der Waals surface area contributed by atoms with E-state index >= 15 is 0 Å². The molecule has 0 bridgehead atoms. The molecule has 3 radical (unpaired) electrons.